The van der Waals surface area contributed by atoms with Crippen LogP contribution in [0.5, 0.6) is 5.75 Å². The van der Waals surface area contributed by atoms with E-state index >= 15 is 0 Å². The summed E-state index contributed by atoms with van der Waals surface area (Å²) in [4.78, 5) is 6.86. The van der Waals surface area contributed by atoms with Crippen molar-refractivity contribution in [3.63, 3.8) is 0 Å². The third-order valence-corrected chi connectivity index (χ3v) is 7.19. The lowest BCUT2D eigenvalue weighted by Crippen LogP contribution is -2.58. The number of ether oxygens (including phenoxy) is 1. The van der Waals surface area contributed by atoms with Crippen molar-refractivity contribution >= 4 is 46.1 Å². The fourth-order valence-corrected chi connectivity index (χ4v) is 5.40. The van der Waals surface area contributed by atoms with Crippen molar-refractivity contribution in [2.24, 2.45) is 0 Å². The van der Waals surface area contributed by atoms with E-state index in [9.17, 15) is 0 Å². The molecule has 1 unspecified atom stereocenters. The number of nitrogens with zero attached hydrogens (tertiary/aromatic N) is 2. The number of hydrogen-bond acceptors (Lipinski definition) is 4. The Kier molecular flexibility index (Phi) is 4.02. The zero-order valence-corrected chi connectivity index (χ0v) is 19.3. The monoisotopic (exact) mass is 462 g/mol. The van der Waals surface area contributed by atoms with Crippen molar-refractivity contribution in [3.05, 3.63) is 81.8 Å². The molecular formula is C26H20Cl2N2O2. The maximum atomic E-state index is 6.90. The topological polar surface area (TPSA) is 38.5 Å². The first-order valence-corrected chi connectivity index (χ1v) is 11.2. The lowest BCUT2D eigenvalue weighted by atomic mass is 9.76. The highest BCUT2D eigenvalue weighted by Gasteiger charge is 2.58. The van der Waals surface area contributed by atoms with Crippen LogP contribution >= 0.6 is 23.2 Å². The van der Waals surface area contributed by atoms with Gasteiger partial charge in [-0.05, 0) is 74.0 Å². The van der Waals surface area contributed by atoms with Crippen LogP contribution in [-0.4, -0.2) is 17.8 Å². The summed E-state index contributed by atoms with van der Waals surface area (Å²) in [6, 6.07) is 17.4. The Morgan fingerprint density at radius 3 is 2.59 bits per heavy atom. The lowest BCUT2D eigenvalue weighted by molar-refractivity contribution is 0.0586. The number of oxazole rings is 1. The number of aromatic nitrogens is 1. The number of para-hydroxylation sites is 2. The highest BCUT2D eigenvalue weighted by molar-refractivity contribution is 6.31. The van der Waals surface area contributed by atoms with E-state index in [2.05, 4.69) is 30.9 Å². The van der Waals surface area contributed by atoms with Crippen LogP contribution < -0.4 is 9.64 Å². The zero-order chi connectivity index (χ0) is 22.3. The number of anilines is 1. The minimum atomic E-state index is -0.748. The van der Waals surface area contributed by atoms with E-state index in [1.807, 2.05) is 61.6 Å². The third kappa shape index (κ3) is 2.54. The molecule has 2 aliphatic heterocycles. The van der Waals surface area contributed by atoms with Crippen molar-refractivity contribution in [1.29, 1.82) is 0 Å². The summed E-state index contributed by atoms with van der Waals surface area (Å²) in [5.41, 5.74) is 4.22. The van der Waals surface area contributed by atoms with Gasteiger partial charge in [-0.25, -0.2) is 4.98 Å². The summed E-state index contributed by atoms with van der Waals surface area (Å²) in [7, 11) is 2.05. The molecule has 0 aliphatic carbocycles. The van der Waals surface area contributed by atoms with Crippen molar-refractivity contribution in [2.45, 2.75) is 25.0 Å². The number of hydrogen-bond donors (Lipinski definition) is 0. The van der Waals surface area contributed by atoms with Gasteiger partial charge in [0.15, 0.2) is 5.58 Å². The highest BCUT2D eigenvalue weighted by Crippen LogP contribution is 2.56. The second-order valence-electron chi connectivity index (χ2n) is 8.84. The van der Waals surface area contributed by atoms with Crippen LogP contribution in [0.3, 0.4) is 0 Å². The van der Waals surface area contributed by atoms with Crippen LogP contribution in [-0.2, 0) is 5.41 Å². The Balaban J connectivity index is 1.55. The first-order chi connectivity index (χ1) is 15.3. The summed E-state index contributed by atoms with van der Waals surface area (Å²) in [6.07, 6.45) is 4.18. The van der Waals surface area contributed by atoms with Gasteiger partial charge in [0, 0.05) is 28.3 Å². The van der Waals surface area contributed by atoms with Gasteiger partial charge in [0.1, 0.15) is 11.3 Å². The van der Waals surface area contributed by atoms with Gasteiger partial charge in [0.2, 0.25) is 11.6 Å². The predicted octanol–water partition coefficient (Wildman–Crippen LogP) is 7.33. The van der Waals surface area contributed by atoms with E-state index in [1.165, 1.54) is 0 Å². The standard InChI is InChI=1S/C26H20Cl2N2O2/c1-25(2)19-14-16(27)8-9-21(19)30(3)26(25)11-10-15-12-17(28)13-18(23(15)32-26)24-29-20-6-4-5-7-22(20)31-24/h4-14H,1-3H3. The molecule has 3 heterocycles. The normalized spacial score (nSPS) is 20.5. The number of benzene rings is 3. The molecule has 4 aromatic rings. The largest absolute Gasteiger partial charge is 0.462 e. The molecule has 32 heavy (non-hydrogen) atoms. The van der Waals surface area contributed by atoms with Crippen LogP contribution in [0.4, 0.5) is 5.69 Å². The summed E-state index contributed by atoms with van der Waals surface area (Å²) < 4.78 is 13.0. The highest BCUT2D eigenvalue weighted by atomic mass is 35.5. The van der Waals surface area contributed by atoms with Gasteiger partial charge in [-0.15, -0.1) is 0 Å². The minimum absolute atomic E-state index is 0.381. The van der Waals surface area contributed by atoms with E-state index < -0.39 is 5.72 Å². The first kappa shape index (κ1) is 19.7. The average molecular weight is 463 g/mol. The molecule has 3 aromatic carbocycles. The molecule has 160 valence electrons. The van der Waals surface area contributed by atoms with Crippen LogP contribution in [0.25, 0.3) is 28.6 Å². The van der Waals surface area contributed by atoms with Crippen molar-refractivity contribution in [3.8, 4) is 17.2 Å². The number of halogens is 2. The SMILES string of the molecule is CN1c2ccc(Cl)cc2C(C)(C)C12C=Cc1cc(Cl)cc(-c3nc4ccccc4o3)c1O2. The Labute approximate surface area is 196 Å². The summed E-state index contributed by atoms with van der Waals surface area (Å²) in [6.45, 7) is 4.35. The molecule has 0 amide bonds. The molecule has 6 heteroatoms. The van der Waals surface area contributed by atoms with Gasteiger partial charge in [-0.1, -0.05) is 35.3 Å². The molecule has 6 rings (SSSR count). The van der Waals surface area contributed by atoms with Crippen LogP contribution in [0, 0.1) is 0 Å². The average Bonchev–Trinajstić information content (AvgIpc) is 3.27. The molecule has 0 radical (unpaired) electrons. The van der Waals surface area contributed by atoms with Gasteiger partial charge in [0.25, 0.3) is 0 Å². The van der Waals surface area contributed by atoms with E-state index in [0.717, 1.165) is 33.5 Å². The molecule has 1 spiro atoms. The smallest absolute Gasteiger partial charge is 0.231 e. The maximum absolute atomic E-state index is 6.90. The number of likely N-dealkylation sites (N-methyl/N-ethyl adjacent to an activating group) is 1. The molecular weight excluding hydrogens is 443 g/mol. The molecule has 1 aromatic heterocycles. The molecule has 0 fully saturated rings. The van der Waals surface area contributed by atoms with Crippen molar-refractivity contribution < 1.29 is 9.15 Å². The van der Waals surface area contributed by atoms with Gasteiger partial charge in [-0.3, -0.25) is 0 Å². The molecule has 0 N–H and O–H groups in total. The maximum Gasteiger partial charge on any atom is 0.231 e. The van der Waals surface area contributed by atoms with E-state index in [0.29, 0.717) is 21.7 Å². The van der Waals surface area contributed by atoms with Crippen LogP contribution in [0.15, 0.2) is 65.1 Å². The van der Waals surface area contributed by atoms with E-state index in [-0.39, 0.29) is 5.41 Å². The first-order valence-electron chi connectivity index (χ1n) is 10.4. The molecule has 2 aliphatic rings. The Morgan fingerprint density at radius 1 is 0.969 bits per heavy atom. The Hall–Kier alpha value is -2.95. The number of fused-ring (bicyclic) bond motifs is 3. The lowest BCUT2D eigenvalue weighted by Gasteiger charge is -2.46. The van der Waals surface area contributed by atoms with Gasteiger partial charge in [-0.2, -0.15) is 0 Å². The van der Waals surface area contributed by atoms with Crippen molar-refractivity contribution in [2.75, 3.05) is 11.9 Å². The molecule has 4 nitrogen and oxygen atoms in total. The summed E-state index contributed by atoms with van der Waals surface area (Å²) >= 11 is 12.8. The molecule has 0 saturated heterocycles. The van der Waals surface area contributed by atoms with E-state index in [4.69, 9.17) is 37.3 Å². The minimum Gasteiger partial charge on any atom is -0.462 e. The third-order valence-electron chi connectivity index (χ3n) is 6.74. The molecule has 1 atom stereocenters. The molecule has 0 bridgehead atoms. The quantitative estimate of drug-likeness (QED) is 0.296. The van der Waals surface area contributed by atoms with Crippen LogP contribution in [0.2, 0.25) is 10.0 Å². The fourth-order valence-electron chi connectivity index (χ4n) is 5.00. The van der Waals surface area contributed by atoms with Gasteiger partial charge < -0.3 is 14.1 Å². The Morgan fingerprint density at radius 2 is 1.78 bits per heavy atom. The summed E-state index contributed by atoms with van der Waals surface area (Å²) in [5.74, 6) is 1.18. The van der Waals surface area contributed by atoms with Crippen LogP contribution in [0.1, 0.15) is 25.0 Å². The molecule has 0 saturated carbocycles. The van der Waals surface area contributed by atoms with Gasteiger partial charge in [0.05, 0.1) is 11.0 Å². The van der Waals surface area contributed by atoms with Crippen molar-refractivity contribution in [1.82, 2.24) is 4.98 Å². The van der Waals surface area contributed by atoms with E-state index in [1.54, 1.807) is 0 Å². The fraction of sp³-hybridized carbons (Fsp3) is 0.192. The Bertz CT molecular complexity index is 1410. The second kappa shape index (κ2) is 6.53. The summed E-state index contributed by atoms with van der Waals surface area (Å²) in [5, 5.41) is 1.31. The van der Waals surface area contributed by atoms with Gasteiger partial charge >= 0.3 is 0 Å². The predicted molar refractivity (Wildman–Crippen MR) is 130 cm³/mol. The second-order valence-corrected chi connectivity index (χ2v) is 9.71. The zero-order valence-electron chi connectivity index (χ0n) is 17.8. The number of rotatable bonds is 1.